The van der Waals surface area contributed by atoms with Crippen molar-refractivity contribution in [2.24, 2.45) is 0 Å². The van der Waals surface area contributed by atoms with Crippen molar-refractivity contribution >= 4 is 0 Å². The second-order valence-corrected chi connectivity index (χ2v) is 7.42. The van der Waals surface area contributed by atoms with E-state index >= 15 is 0 Å². The first-order chi connectivity index (χ1) is 8.68. The van der Waals surface area contributed by atoms with E-state index < -0.39 is 0 Å². The molecule has 0 aromatic heterocycles. The fourth-order valence-corrected chi connectivity index (χ4v) is 2.20. The van der Waals surface area contributed by atoms with Crippen molar-refractivity contribution in [3.05, 3.63) is 34.9 Å². The second-order valence-electron chi connectivity index (χ2n) is 7.42. The first-order valence-corrected chi connectivity index (χ1v) is 7.07. The Morgan fingerprint density at radius 1 is 0.789 bits per heavy atom. The van der Waals surface area contributed by atoms with Crippen molar-refractivity contribution in [3.8, 4) is 0 Å². The van der Waals surface area contributed by atoms with Gasteiger partial charge in [-0.1, -0.05) is 59.7 Å². The maximum Gasteiger partial charge on any atom is 0.184 e. The predicted molar refractivity (Wildman–Crippen MR) is 78.5 cm³/mol. The molecule has 1 saturated heterocycles. The molecule has 0 amide bonds. The fraction of sp³-hybridized carbons (Fsp3) is 0.647. The third-order valence-corrected chi connectivity index (χ3v) is 3.58. The molecular formula is C17H26O2. The van der Waals surface area contributed by atoms with Gasteiger partial charge in [-0.2, -0.15) is 0 Å². The van der Waals surface area contributed by atoms with E-state index in [-0.39, 0.29) is 17.1 Å². The molecule has 0 bridgehead atoms. The van der Waals surface area contributed by atoms with Gasteiger partial charge in [0.2, 0.25) is 0 Å². The summed E-state index contributed by atoms with van der Waals surface area (Å²) in [7, 11) is 0. The van der Waals surface area contributed by atoms with E-state index in [4.69, 9.17) is 9.47 Å². The van der Waals surface area contributed by atoms with Crippen LogP contribution >= 0.6 is 0 Å². The average Bonchev–Trinajstić information content (AvgIpc) is 2.79. The van der Waals surface area contributed by atoms with Crippen LogP contribution in [0.15, 0.2) is 18.2 Å². The Balaban J connectivity index is 2.48. The van der Waals surface area contributed by atoms with Crippen LogP contribution in [0.4, 0.5) is 0 Å². The zero-order chi connectivity index (χ0) is 14.3. The van der Waals surface area contributed by atoms with Crippen molar-refractivity contribution in [2.45, 2.75) is 58.7 Å². The maximum atomic E-state index is 5.65. The van der Waals surface area contributed by atoms with Gasteiger partial charge >= 0.3 is 0 Å². The van der Waals surface area contributed by atoms with Crippen LogP contribution in [-0.4, -0.2) is 13.2 Å². The monoisotopic (exact) mass is 262 g/mol. The summed E-state index contributed by atoms with van der Waals surface area (Å²) in [4.78, 5) is 0. The van der Waals surface area contributed by atoms with E-state index in [1.54, 1.807) is 0 Å². The number of rotatable bonds is 1. The lowest BCUT2D eigenvalue weighted by Gasteiger charge is -2.27. The van der Waals surface area contributed by atoms with Gasteiger partial charge in [0.25, 0.3) is 0 Å². The summed E-state index contributed by atoms with van der Waals surface area (Å²) in [5.74, 6) is 0. The van der Waals surface area contributed by atoms with Crippen LogP contribution < -0.4 is 0 Å². The Morgan fingerprint density at radius 3 is 1.58 bits per heavy atom. The summed E-state index contributed by atoms with van der Waals surface area (Å²) in [6.45, 7) is 14.8. The zero-order valence-electron chi connectivity index (χ0n) is 13.0. The normalized spacial score (nSPS) is 18.0. The first kappa shape index (κ1) is 14.5. The molecule has 2 heteroatoms. The van der Waals surface area contributed by atoms with Crippen molar-refractivity contribution in [2.75, 3.05) is 13.2 Å². The van der Waals surface area contributed by atoms with Crippen LogP contribution in [0.1, 0.15) is 64.5 Å². The highest BCUT2D eigenvalue weighted by atomic mass is 16.7. The van der Waals surface area contributed by atoms with E-state index in [2.05, 4.69) is 59.7 Å². The van der Waals surface area contributed by atoms with Crippen molar-refractivity contribution in [1.29, 1.82) is 0 Å². The average molecular weight is 262 g/mol. The molecule has 0 radical (unpaired) electrons. The molecule has 0 unspecified atom stereocenters. The van der Waals surface area contributed by atoms with Crippen molar-refractivity contribution in [1.82, 2.24) is 0 Å². The van der Waals surface area contributed by atoms with Gasteiger partial charge in [-0.3, -0.25) is 0 Å². The Bertz CT molecular complexity index is 411. The standard InChI is InChI=1S/C17H26O2/c1-16(2,3)13-9-12(15-18-7-8-19-15)10-14(11-13)17(4,5)6/h9-11,15H,7-8H2,1-6H3. The summed E-state index contributed by atoms with van der Waals surface area (Å²) in [6.07, 6.45) is -0.191. The van der Waals surface area contributed by atoms with Gasteiger partial charge in [0.05, 0.1) is 13.2 Å². The molecule has 0 saturated carbocycles. The smallest absolute Gasteiger partial charge is 0.184 e. The minimum Gasteiger partial charge on any atom is -0.346 e. The van der Waals surface area contributed by atoms with Crippen LogP contribution in [0.3, 0.4) is 0 Å². The lowest BCUT2D eigenvalue weighted by atomic mass is 9.79. The zero-order valence-corrected chi connectivity index (χ0v) is 13.0. The summed E-state index contributed by atoms with van der Waals surface area (Å²) >= 11 is 0. The summed E-state index contributed by atoms with van der Waals surface area (Å²) in [6, 6.07) is 6.77. The molecular weight excluding hydrogens is 236 g/mol. The molecule has 19 heavy (non-hydrogen) atoms. The Kier molecular flexibility index (Phi) is 3.76. The number of ether oxygens (including phenoxy) is 2. The van der Waals surface area contributed by atoms with Crippen LogP contribution in [-0.2, 0) is 20.3 Å². The Morgan fingerprint density at radius 2 is 1.21 bits per heavy atom. The second kappa shape index (κ2) is 4.92. The molecule has 1 aromatic rings. The maximum absolute atomic E-state index is 5.65. The van der Waals surface area contributed by atoms with E-state index in [1.807, 2.05) is 0 Å². The number of hydrogen-bond donors (Lipinski definition) is 0. The lowest BCUT2D eigenvalue weighted by Crippen LogP contribution is -2.17. The molecule has 1 aliphatic heterocycles. The van der Waals surface area contributed by atoms with E-state index in [0.717, 1.165) is 5.56 Å². The van der Waals surface area contributed by atoms with Crippen LogP contribution in [0.25, 0.3) is 0 Å². The highest BCUT2D eigenvalue weighted by Gasteiger charge is 2.25. The molecule has 1 fully saturated rings. The minimum atomic E-state index is -0.191. The summed E-state index contributed by atoms with van der Waals surface area (Å²) in [5, 5.41) is 0. The predicted octanol–water partition coefficient (Wildman–Crippen LogP) is 4.33. The van der Waals surface area contributed by atoms with Gasteiger partial charge in [-0.25, -0.2) is 0 Å². The fourth-order valence-electron chi connectivity index (χ4n) is 2.20. The van der Waals surface area contributed by atoms with Gasteiger partial charge in [-0.15, -0.1) is 0 Å². The van der Waals surface area contributed by atoms with Gasteiger partial charge < -0.3 is 9.47 Å². The molecule has 1 aromatic carbocycles. The number of benzene rings is 1. The quantitative estimate of drug-likeness (QED) is 0.750. The van der Waals surface area contributed by atoms with Crippen molar-refractivity contribution in [3.63, 3.8) is 0 Å². The van der Waals surface area contributed by atoms with Crippen LogP contribution in [0, 0.1) is 0 Å². The molecule has 0 spiro atoms. The molecule has 1 aliphatic rings. The van der Waals surface area contributed by atoms with Gasteiger partial charge in [0.1, 0.15) is 0 Å². The van der Waals surface area contributed by atoms with Gasteiger partial charge in [0, 0.05) is 5.56 Å². The largest absolute Gasteiger partial charge is 0.346 e. The molecule has 0 N–H and O–H groups in total. The highest BCUT2D eigenvalue weighted by Crippen LogP contribution is 2.34. The summed E-state index contributed by atoms with van der Waals surface area (Å²) in [5.41, 5.74) is 4.10. The molecule has 2 nitrogen and oxygen atoms in total. The van der Waals surface area contributed by atoms with Crippen molar-refractivity contribution < 1.29 is 9.47 Å². The molecule has 0 atom stereocenters. The van der Waals surface area contributed by atoms with E-state index in [1.165, 1.54) is 11.1 Å². The lowest BCUT2D eigenvalue weighted by molar-refractivity contribution is -0.0442. The van der Waals surface area contributed by atoms with E-state index in [9.17, 15) is 0 Å². The minimum absolute atomic E-state index is 0.134. The summed E-state index contributed by atoms with van der Waals surface area (Å²) < 4.78 is 11.3. The molecule has 106 valence electrons. The molecule has 1 heterocycles. The third-order valence-electron chi connectivity index (χ3n) is 3.58. The molecule has 2 rings (SSSR count). The highest BCUT2D eigenvalue weighted by molar-refractivity contribution is 5.38. The topological polar surface area (TPSA) is 18.5 Å². The van der Waals surface area contributed by atoms with E-state index in [0.29, 0.717) is 13.2 Å². The Labute approximate surface area is 117 Å². The van der Waals surface area contributed by atoms with Gasteiger partial charge in [0.15, 0.2) is 6.29 Å². The SMILES string of the molecule is CC(C)(C)c1cc(C2OCCO2)cc(C(C)(C)C)c1. The van der Waals surface area contributed by atoms with Crippen LogP contribution in [0.2, 0.25) is 0 Å². The third kappa shape index (κ3) is 3.37. The number of hydrogen-bond acceptors (Lipinski definition) is 2. The van der Waals surface area contributed by atoms with Crippen LogP contribution in [0.5, 0.6) is 0 Å². The van der Waals surface area contributed by atoms with Gasteiger partial charge in [-0.05, 0) is 22.0 Å². The first-order valence-electron chi connectivity index (χ1n) is 7.07. The molecule has 0 aliphatic carbocycles. The Hall–Kier alpha value is -0.860.